The first-order valence-electron chi connectivity index (χ1n) is 5.15. The second kappa shape index (κ2) is 4.59. The number of nitrogens with two attached hydrogens (primary N) is 1. The van der Waals surface area contributed by atoms with E-state index in [9.17, 15) is 4.79 Å². The van der Waals surface area contributed by atoms with Gasteiger partial charge in [-0.3, -0.25) is 0 Å². The van der Waals surface area contributed by atoms with Gasteiger partial charge in [0.25, 0.3) is 0 Å². The summed E-state index contributed by atoms with van der Waals surface area (Å²) in [5, 5.41) is 1.21. The van der Waals surface area contributed by atoms with E-state index < -0.39 is 5.97 Å². The normalized spacial score (nSPS) is 10.5. The Morgan fingerprint density at radius 3 is 3.00 bits per heavy atom. The lowest BCUT2D eigenvalue weighted by Crippen LogP contribution is -2.09. The van der Waals surface area contributed by atoms with Gasteiger partial charge < -0.3 is 10.5 Å². The summed E-state index contributed by atoms with van der Waals surface area (Å²) < 4.78 is 4.90. The number of rotatable bonds is 2. The second-order valence-corrected chi connectivity index (χ2v) is 3.86. The average Bonchev–Trinajstić information content (AvgIpc) is 2.29. The van der Waals surface area contributed by atoms with Crippen molar-refractivity contribution in [2.75, 3.05) is 12.3 Å². The van der Waals surface area contributed by atoms with Gasteiger partial charge in [0, 0.05) is 10.4 Å². The Balaban J connectivity index is 2.61. The number of esters is 1. The molecule has 0 aliphatic heterocycles. The molecule has 2 rings (SSSR count). The Morgan fingerprint density at radius 1 is 1.53 bits per heavy atom. The SMILES string of the molecule is CCOC(=O)c1cc2c(Cl)cccc2nc1N. The molecular formula is C12H11ClN2O2. The Hall–Kier alpha value is -1.81. The van der Waals surface area contributed by atoms with Crippen molar-refractivity contribution < 1.29 is 9.53 Å². The molecule has 2 aromatic rings. The molecule has 0 bridgehead atoms. The molecule has 1 heterocycles. The van der Waals surface area contributed by atoms with Gasteiger partial charge >= 0.3 is 5.97 Å². The molecule has 0 aliphatic rings. The van der Waals surface area contributed by atoms with Gasteiger partial charge in [-0.05, 0) is 25.1 Å². The lowest BCUT2D eigenvalue weighted by molar-refractivity contribution is 0.0527. The molecule has 0 aliphatic carbocycles. The van der Waals surface area contributed by atoms with E-state index in [1.807, 2.05) is 0 Å². The van der Waals surface area contributed by atoms with Crippen LogP contribution in [0.15, 0.2) is 24.3 Å². The molecule has 1 aromatic carbocycles. The zero-order valence-corrected chi connectivity index (χ0v) is 9.99. The lowest BCUT2D eigenvalue weighted by Gasteiger charge is -2.07. The Bertz CT molecular complexity index is 584. The highest BCUT2D eigenvalue weighted by atomic mass is 35.5. The van der Waals surface area contributed by atoms with Crippen LogP contribution in [0.3, 0.4) is 0 Å². The number of carbonyl (C=O) groups is 1. The van der Waals surface area contributed by atoms with Crippen molar-refractivity contribution in [3.63, 3.8) is 0 Å². The maximum absolute atomic E-state index is 11.6. The monoisotopic (exact) mass is 250 g/mol. The van der Waals surface area contributed by atoms with Crippen LogP contribution in [0.2, 0.25) is 5.02 Å². The number of fused-ring (bicyclic) bond motifs is 1. The van der Waals surface area contributed by atoms with Crippen molar-refractivity contribution in [2.24, 2.45) is 0 Å². The molecule has 5 heteroatoms. The summed E-state index contributed by atoms with van der Waals surface area (Å²) in [6.07, 6.45) is 0. The quantitative estimate of drug-likeness (QED) is 0.832. The fraction of sp³-hybridized carbons (Fsp3) is 0.167. The van der Waals surface area contributed by atoms with E-state index in [2.05, 4.69) is 4.98 Å². The van der Waals surface area contributed by atoms with Crippen LogP contribution in [0.1, 0.15) is 17.3 Å². The molecule has 0 amide bonds. The molecule has 4 nitrogen and oxygen atoms in total. The van der Waals surface area contributed by atoms with Crippen LogP contribution in [0.5, 0.6) is 0 Å². The summed E-state index contributed by atoms with van der Waals surface area (Å²) in [6, 6.07) is 6.91. The number of carbonyl (C=O) groups excluding carboxylic acids is 1. The summed E-state index contributed by atoms with van der Waals surface area (Å²) in [5.74, 6) is -0.336. The molecule has 0 unspecified atom stereocenters. The summed E-state index contributed by atoms with van der Waals surface area (Å²) in [4.78, 5) is 15.8. The predicted molar refractivity (Wildman–Crippen MR) is 67.1 cm³/mol. The highest BCUT2D eigenvalue weighted by Crippen LogP contribution is 2.25. The van der Waals surface area contributed by atoms with Gasteiger partial charge in [-0.25, -0.2) is 9.78 Å². The Labute approximate surface area is 103 Å². The first kappa shape index (κ1) is 11.7. The van der Waals surface area contributed by atoms with Gasteiger partial charge in [-0.2, -0.15) is 0 Å². The van der Waals surface area contributed by atoms with Gasteiger partial charge in [0.15, 0.2) is 0 Å². The summed E-state index contributed by atoms with van der Waals surface area (Å²) in [5.41, 5.74) is 6.61. The molecule has 0 saturated heterocycles. The van der Waals surface area contributed by atoms with Crippen molar-refractivity contribution in [1.29, 1.82) is 0 Å². The molecule has 0 spiro atoms. The number of nitrogen functional groups attached to an aromatic ring is 1. The number of nitrogens with zero attached hydrogens (tertiary/aromatic N) is 1. The van der Waals surface area contributed by atoms with Gasteiger partial charge in [0.05, 0.1) is 12.1 Å². The van der Waals surface area contributed by atoms with Crippen LogP contribution in [-0.4, -0.2) is 17.6 Å². The maximum atomic E-state index is 11.6. The average molecular weight is 251 g/mol. The number of pyridine rings is 1. The topological polar surface area (TPSA) is 65.2 Å². The zero-order chi connectivity index (χ0) is 12.4. The first-order valence-corrected chi connectivity index (χ1v) is 5.53. The standard InChI is InChI=1S/C12H11ClN2O2/c1-2-17-12(16)8-6-7-9(13)4-3-5-10(7)15-11(8)14/h3-6H,2H2,1H3,(H2,14,15). The lowest BCUT2D eigenvalue weighted by atomic mass is 10.1. The van der Waals surface area contributed by atoms with Crippen molar-refractivity contribution in [3.8, 4) is 0 Å². The van der Waals surface area contributed by atoms with Crippen LogP contribution in [-0.2, 0) is 4.74 Å². The number of ether oxygens (including phenoxy) is 1. The second-order valence-electron chi connectivity index (χ2n) is 3.45. The third-order valence-electron chi connectivity index (χ3n) is 2.33. The summed E-state index contributed by atoms with van der Waals surface area (Å²) in [7, 11) is 0. The zero-order valence-electron chi connectivity index (χ0n) is 9.24. The molecule has 17 heavy (non-hydrogen) atoms. The van der Waals surface area contributed by atoms with Crippen LogP contribution in [0, 0.1) is 0 Å². The molecule has 0 saturated carbocycles. The molecule has 1 aromatic heterocycles. The van der Waals surface area contributed by atoms with E-state index in [1.54, 1.807) is 31.2 Å². The van der Waals surface area contributed by atoms with Gasteiger partial charge in [-0.1, -0.05) is 17.7 Å². The molecular weight excluding hydrogens is 240 g/mol. The van der Waals surface area contributed by atoms with Crippen LogP contribution < -0.4 is 5.73 Å². The maximum Gasteiger partial charge on any atom is 0.341 e. The Morgan fingerprint density at radius 2 is 2.29 bits per heavy atom. The van der Waals surface area contributed by atoms with Crippen LogP contribution in [0.4, 0.5) is 5.82 Å². The van der Waals surface area contributed by atoms with E-state index in [0.717, 1.165) is 0 Å². The van der Waals surface area contributed by atoms with Crippen LogP contribution in [0.25, 0.3) is 10.9 Å². The van der Waals surface area contributed by atoms with E-state index in [1.165, 1.54) is 0 Å². The van der Waals surface area contributed by atoms with Crippen molar-refractivity contribution in [2.45, 2.75) is 6.92 Å². The largest absolute Gasteiger partial charge is 0.462 e. The number of benzene rings is 1. The van der Waals surface area contributed by atoms with E-state index >= 15 is 0 Å². The number of anilines is 1. The fourth-order valence-electron chi connectivity index (χ4n) is 1.55. The molecule has 0 fully saturated rings. The highest BCUT2D eigenvalue weighted by molar-refractivity contribution is 6.35. The highest BCUT2D eigenvalue weighted by Gasteiger charge is 2.14. The molecule has 2 N–H and O–H groups in total. The number of hydrogen-bond donors (Lipinski definition) is 1. The van der Waals surface area contributed by atoms with Gasteiger partial charge in [0.2, 0.25) is 0 Å². The van der Waals surface area contributed by atoms with E-state index in [0.29, 0.717) is 22.5 Å². The smallest absolute Gasteiger partial charge is 0.341 e. The van der Waals surface area contributed by atoms with Gasteiger partial charge in [-0.15, -0.1) is 0 Å². The minimum Gasteiger partial charge on any atom is -0.462 e. The van der Waals surface area contributed by atoms with Crippen molar-refractivity contribution in [3.05, 3.63) is 34.9 Å². The molecule has 0 radical (unpaired) electrons. The van der Waals surface area contributed by atoms with E-state index in [4.69, 9.17) is 22.1 Å². The third kappa shape index (κ3) is 2.17. The van der Waals surface area contributed by atoms with Crippen molar-refractivity contribution >= 4 is 34.3 Å². The first-order chi connectivity index (χ1) is 8.13. The fourth-order valence-corrected chi connectivity index (χ4v) is 1.77. The summed E-state index contributed by atoms with van der Waals surface area (Å²) in [6.45, 7) is 2.02. The minimum atomic E-state index is -0.487. The number of aromatic nitrogens is 1. The Kier molecular flexibility index (Phi) is 3.15. The molecule has 88 valence electrons. The third-order valence-corrected chi connectivity index (χ3v) is 2.66. The number of hydrogen-bond acceptors (Lipinski definition) is 4. The van der Waals surface area contributed by atoms with Crippen molar-refractivity contribution in [1.82, 2.24) is 4.98 Å². The van der Waals surface area contributed by atoms with E-state index in [-0.39, 0.29) is 11.4 Å². The van der Waals surface area contributed by atoms with Crippen LogP contribution >= 0.6 is 11.6 Å². The predicted octanol–water partition coefficient (Wildman–Crippen LogP) is 2.65. The van der Waals surface area contributed by atoms with Gasteiger partial charge in [0.1, 0.15) is 11.4 Å². The number of halogens is 1. The molecule has 0 atom stereocenters. The minimum absolute atomic E-state index is 0.151. The summed E-state index contributed by atoms with van der Waals surface area (Å²) >= 11 is 6.03.